The number of hydrogen-bond donors (Lipinski definition) is 1. The van der Waals surface area contributed by atoms with E-state index in [4.69, 9.17) is 5.73 Å². The molecule has 0 aromatic rings. The third kappa shape index (κ3) is 3.50. The van der Waals surface area contributed by atoms with E-state index in [1.54, 1.807) is 6.08 Å². The molecule has 2 N–H and O–H groups in total. The Morgan fingerprint density at radius 3 is 2.38 bits per heavy atom. The fourth-order valence-electron chi connectivity index (χ4n) is 1.07. The van der Waals surface area contributed by atoms with E-state index in [9.17, 15) is 13.2 Å². The fourth-order valence-corrected chi connectivity index (χ4v) is 1.07. The van der Waals surface area contributed by atoms with Crippen LogP contribution in [-0.2, 0) is 4.74 Å². The summed E-state index contributed by atoms with van der Waals surface area (Å²) in [5.41, 5.74) is 6.25. The minimum absolute atomic E-state index is 0.0512. The highest BCUT2D eigenvalue weighted by Crippen LogP contribution is 2.26. The number of nitrogens with two attached hydrogens (primary N) is 1. The Bertz CT molecular complexity index is 242. The van der Waals surface area contributed by atoms with Gasteiger partial charge in [-0.3, -0.25) is 0 Å². The summed E-state index contributed by atoms with van der Waals surface area (Å²) in [5, 5.41) is 0. The molecule has 2 nitrogen and oxygen atoms in total. The Morgan fingerprint density at radius 1 is 1.31 bits per heavy atom. The van der Waals surface area contributed by atoms with Crippen molar-refractivity contribution in [1.29, 1.82) is 0 Å². The van der Waals surface area contributed by atoms with Crippen molar-refractivity contribution in [2.24, 2.45) is 5.73 Å². The third-order valence-electron chi connectivity index (χ3n) is 1.71. The van der Waals surface area contributed by atoms with Gasteiger partial charge in [-0.2, -0.15) is 0 Å². The molecule has 1 aliphatic rings. The molecule has 1 aliphatic carbocycles. The van der Waals surface area contributed by atoms with Crippen molar-refractivity contribution in [2.75, 3.05) is 6.54 Å². The van der Waals surface area contributed by atoms with Crippen molar-refractivity contribution >= 4 is 0 Å². The van der Waals surface area contributed by atoms with Crippen molar-refractivity contribution in [3.05, 3.63) is 23.5 Å². The maximum atomic E-state index is 11.7. The summed E-state index contributed by atoms with van der Waals surface area (Å²) in [4.78, 5) is 0. The average Bonchev–Trinajstić information content (AvgIpc) is 2.03. The van der Waals surface area contributed by atoms with Gasteiger partial charge in [0, 0.05) is 13.0 Å². The lowest BCUT2D eigenvalue weighted by Gasteiger charge is -2.15. The molecule has 0 fully saturated rings. The van der Waals surface area contributed by atoms with Crippen molar-refractivity contribution in [2.45, 2.75) is 19.2 Å². The molecule has 0 atom stereocenters. The molecular formula is C8H10F3NO. The topological polar surface area (TPSA) is 35.2 Å². The van der Waals surface area contributed by atoms with Gasteiger partial charge in [0.25, 0.3) is 0 Å². The van der Waals surface area contributed by atoms with Crippen LogP contribution >= 0.6 is 0 Å². The first-order valence-corrected chi connectivity index (χ1v) is 3.85. The summed E-state index contributed by atoms with van der Waals surface area (Å²) >= 11 is 0. The normalized spacial score (nSPS) is 17.8. The Morgan fingerprint density at radius 2 is 2.00 bits per heavy atom. The molecule has 0 amide bonds. The molecule has 0 aliphatic heterocycles. The van der Waals surface area contributed by atoms with Gasteiger partial charge >= 0.3 is 6.36 Å². The smallest absolute Gasteiger partial charge is 0.410 e. The van der Waals surface area contributed by atoms with Gasteiger partial charge in [0.1, 0.15) is 5.76 Å². The minimum Gasteiger partial charge on any atom is -0.410 e. The van der Waals surface area contributed by atoms with Crippen LogP contribution < -0.4 is 5.73 Å². The van der Waals surface area contributed by atoms with Crippen LogP contribution in [0, 0.1) is 0 Å². The largest absolute Gasteiger partial charge is 0.572 e. The maximum Gasteiger partial charge on any atom is 0.572 e. The second kappa shape index (κ2) is 3.83. The first-order valence-electron chi connectivity index (χ1n) is 3.85. The predicted molar refractivity (Wildman–Crippen MR) is 41.6 cm³/mol. The molecule has 0 saturated carbocycles. The van der Waals surface area contributed by atoms with Crippen LogP contribution in [0.15, 0.2) is 23.5 Å². The van der Waals surface area contributed by atoms with Gasteiger partial charge in [0.05, 0.1) is 0 Å². The lowest BCUT2D eigenvalue weighted by molar-refractivity contribution is -0.306. The van der Waals surface area contributed by atoms with Gasteiger partial charge in [-0.25, -0.2) is 0 Å². The highest BCUT2D eigenvalue weighted by molar-refractivity contribution is 5.21. The summed E-state index contributed by atoms with van der Waals surface area (Å²) in [6.07, 6.45) is -0.884. The molecule has 0 saturated heterocycles. The van der Waals surface area contributed by atoms with E-state index in [0.29, 0.717) is 13.0 Å². The zero-order chi connectivity index (χ0) is 9.90. The van der Waals surface area contributed by atoms with E-state index in [2.05, 4.69) is 4.74 Å². The van der Waals surface area contributed by atoms with E-state index in [-0.39, 0.29) is 12.2 Å². The molecule has 0 bridgehead atoms. The van der Waals surface area contributed by atoms with Crippen molar-refractivity contribution in [3.63, 3.8) is 0 Å². The lowest BCUT2D eigenvalue weighted by atomic mass is 10.0. The first kappa shape index (κ1) is 10.1. The zero-order valence-electron chi connectivity index (χ0n) is 6.90. The first-order chi connectivity index (χ1) is 6.01. The van der Waals surface area contributed by atoms with Crippen molar-refractivity contribution < 1.29 is 17.9 Å². The van der Waals surface area contributed by atoms with Crippen LogP contribution in [0.2, 0.25) is 0 Å². The number of allylic oxidation sites excluding steroid dienone is 3. The summed E-state index contributed by atoms with van der Waals surface area (Å²) < 4.78 is 38.9. The molecule has 1 rings (SSSR count). The van der Waals surface area contributed by atoms with Crippen molar-refractivity contribution in [1.82, 2.24) is 0 Å². The van der Waals surface area contributed by atoms with Gasteiger partial charge < -0.3 is 10.5 Å². The number of alkyl halides is 3. The second-order valence-corrected chi connectivity index (χ2v) is 2.71. The zero-order valence-corrected chi connectivity index (χ0v) is 6.90. The van der Waals surface area contributed by atoms with Gasteiger partial charge in [-0.05, 0) is 12.5 Å². The highest BCUT2D eigenvalue weighted by Gasteiger charge is 2.32. The van der Waals surface area contributed by atoms with Crippen LogP contribution in [0.1, 0.15) is 12.8 Å². The fraction of sp³-hybridized carbons (Fsp3) is 0.500. The molecule has 0 radical (unpaired) electrons. The van der Waals surface area contributed by atoms with Gasteiger partial charge in [0.2, 0.25) is 0 Å². The third-order valence-corrected chi connectivity index (χ3v) is 1.71. The minimum atomic E-state index is -4.58. The molecule has 0 aromatic heterocycles. The number of hydrogen-bond acceptors (Lipinski definition) is 2. The van der Waals surface area contributed by atoms with Gasteiger partial charge in [-0.15, -0.1) is 13.2 Å². The SMILES string of the molecule is NCC1=CC=C(OC(F)(F)F)CC1. The lowest BCUT2D eigenvalue weighted by Crippen LogP contribution is -2.15. The van der Waals surface area contributed by atoms with E-state index in [1.165, 1.54) is 6.08 Å². The van der Waals surface area contributed by atoms with Crippen LogP contribution in [0.4, 0.5) is 13.2 Å². The van der Waals surface area contributed by atoms with Crippen LogP contribution in [-0.4, -0.2) is 12.9 Å². The molecule has 0 heterocycles. The molecule has 5 heteroatoms. The van der Waals surface area contributed by atoms with Crippen LogP contribution in [0.5, 0.6) is 0 Å². The van der Waals surface area contributed by atoms with E-state index in [0.717, 1.165) is 5.57 Å². The Kier molecular flexibility index (Phi) is 2.98. The molecule has 0 unspecified atom stereocenters. The van der Waals surface area contributed by atoms with Crippen LogP contribution in [0.3, 0.4) is 0 Å². The Balaban J connectivity index is 2.55. The highest BCUT2D eigenvalue weighted by atomic mass is 19.4. The summed E-state index contributed by atoms with van der Waals surface area (Å²) in [7, 11) is 0. The van der Waals surface area contributed by atoms with Gasteiger partial charge in [0.15, 0.2) is 0 Å². The maximum absolute atomic E-state index is 11.7. The van der Waals surface area contributed by atoms with Crippen molar-refractivity contribution in [3.8, 4) is 0 Å². The predicted octanol–water partition coefficient (Wildman–Crippen LogP) is 2.09. The van der Waals surface area contributed by atoms with E-state index >= 15 is 0 Å². The van der Waals surface area contributed by atoms with Gasteiger partial charge in [-0.1, -0.05) is 11.6 Å². The molecule has 74 valence electrons. The molecule has 13 heavy (non-hydrogen) atoms. The van der Waals surface area contributed by atoms with E-state index < -0.39 is 6.36 Å². The summed E-state index contributed by atoms with van der Waals surface area (Å²) in [5.74, 6) is -0.0512. The Hall–Kier alpha value is -0.970. The number of rotatable bonds is 2. The second-order valence-electron chi connectivity index (χ2n) is 2.71. The standard InChI is InChI=1S/C8H10F3NO/c9-8(10,11)13-7-3-1-6(5-12)2-4-7/h1,3H,2,4-5,12H2. The van der Waals surface area contributed by atoms with E-state index in [1.807, 2.05) is 0 Å². The molecule has 0 spiro atoms. The quantitative estimate of drug-likeness (QED) is 0.728. The van der Waals surface area contributed by atoms with Crippen LogP contribution in [0.25, 0.3) is 0 Å². The summed E-state index contributed by atoms with van der Waals surface area (Å²) in [6, 6.07) is 0. The number of ether oxygens (including phenoxy) is 1. The molecular weight excluding hydrogens is 183 g/mol. The molecule has 0 aromatic carbocycles. The Labute approximate surface area is 73.9 Å². The summed E-state index contributed by atoms with van der Waals surface area (Å²) in [6.45, 7) is 0.385. The monoisotopic (exact) mass is 193 g/mol. The number of halogens is 3. The average molecular weight is 193 g/mol.